The molecule has 158 valence electrons. The molecule has 1 fully saturated rings. The van der Waals surface area contributed by atoms with Crippen molar-refractivity contribution in [1.82, 2.24) is 10.2 Å². The van der Waals surface area contributed by atoms with Gasteiger partial charge in [0.1, 0.15) is 17.3 Å². The quantitative estimate of drug-likeness (QED) is 0.532. The van der Waals surface area contributed by atoms with Gasteiger partial charge in [-0.05, 0) is 30.2 Å². The van der Waals surface area contributed by atoms with Crippen molar-refractivity contribution in [3.8, 4) is 5.75 Å². The first-order valence-corrected chi connectivity index (χ1v) is 9.76. The SMILES string of the molecule is COC(=O)[C@H](C)NC(=O)[C@]1(Cc2ccccc2)CC(=O)N1Cc1ccc(OC)cc1. The zero-order valence-corrected chi connectivity index (χ0v) is 17.4. The van der Waals surface area contributed by atoms with E-state index in [1.807, 2.05) is 54.6 Å². The van der Waals surface area contributed by atoms with Gasteiger partial charge in [0.2, 0.25) is 11.8 Å². The Morgan fingerprint density at radius 2 is 1.73 bits per heavy atom. The van der Waals surface area contributed by atoms with Gasteiger partial charge in [-0.25, -0.2) is 4.79 Å². The number of hydrogen-bond donors (Lipinski definition) is 1. The molecular formula is C23H26N2O5. The van der Waals surface area contributed by atoms with Crippen molar-refractivity contribution in [3.63, 3.8) is 0 Å². The molecule has 7 heteroatoms. The topological polar surface area (TPSA) is 84.9 Å². The zero-order valence-electron chi connectivity index (χ0n) is 17.4. The van der Waals surface area contributed by atoms with Gasteiger partial charge in [-0.15, -0.1) is 0 Å². The Bertz CT molecular complexity index is 913. The minimum atomic E-state index is -1.07. The molecule has 0 saturated carbocycles. The number of β-lactam (4-membered cyclic amide) rings is 1. The van der Waals surface area contributed by atoms with Crippen LogP contribution in [-0.2, 0) is 32.1 Å². The predicted octanol–water partition coefficient (Wildman–Crippen LogP) is 2.09. The summed E-state index contributed by atoms with van der Waals surface area (Å²) >= 11 is 0. The molecule has 2 aromatic rings. The summed E-state index contributed by atoms with van der Waals surface area (Å²) < 4.78 is 9.90. The number of benzene rings is 2. The summed E-state index contributed by atoms with van der Waals surface area (Å²) in [5.74, 6) is -0.292. The summed E-state index contributed by atoms with van der Waals surface area (Å²) in [5.41, 5.74) is 0.751. The molecule has 0 aliphatic carbocycles. The lowest BCUT2D eigenvalue weighted by Crippen LogP contribution is -2.71. The van der Waals surface area contributed by atoms with Crippen molar-refractivity contribution in [2.24, 2.45) is 0 Å². The van der Waals surface area contributed by atoms with Crippen LogP contribution in [0.5, 0.6) is 5.75 Å². The highest BCUT2D eigenvalue weighted by molar-refractivity contribution is 6.02. The van der Waals surface area contributed by atoms with E-state index in [-0.39, 0.29) is 24.8 Å². The molecule has 30 heavy (non-hydrogen) atoms. The average Bonchev–Trinajstić information content (AvgIpc) is 2.77. The fourth-order valence-corrected chi connectivity index (χ4v) is 3.68. The van der Waals surface area contributed by atoms with E-state index in [1.165, 1.54) is 7.11 Å². The van der Waals surface area contributed by atoms with Crippen LogP contribution in [0.15, 0.2) is 54.6 Å². The lowest BCUT2D eigenvalue weighted by Gasteiger charge is -2.51. The largest absolute Gasteiger partial charge is 0.497 e. The molecule has 0 spiro atoms. The first-order valence-electron chi connectivity index (χ1n) is 9.76. The van der Waals surface area contributed by atoms with Gasteiger partial charge < -0.3 is 19.7 Å². The Morgan fingerprint density at radius 1 is 1.07 bits per heavy atom. The Kier molecular flexibility index (Phi) is 6.40. The highest BCUT2D eigenvalue weighted by Crippen LogP contribution is 2.37. The summed E-state index contributed by atoms with van der Waals surface area (Å²) in [6.07, 6.45) is 0.438. The molecule has 1 N–H and O–H groups in total. The summed E-state index contributed by atoms with van der Waals surface area (Å²) in [5, 5.41) is 2.72. The van der Waals surface area contributed by atoms with E-state index < -0.39 is 17.6 Å². The monoisotopic (exact) mass is 410 g/mol. The van der Waals surface area contributed by atoms with E-state index in [9.17, 15) is 14.4 Å². The van der Waals surface area contributed by atoms with Crippen LogP contribution < -0.4 is 10.1 Å². The van der Waals surface area contributed by atoms with Crippen molar-refractivity contribution in [2.75, 3.05) is 14.2 Å². The molecule has 1 saturated heterocycles. The fourth-order valence-electron chi connectivity index (χ4n) is 3.68. The second kappa shape index (κ2) is 8.98. The molecule has 0 aromatic heterocycles. The number of esters is 1. The van der Waals surface area contributed by atoms with Gasteiger partial charge in [-0.1, -0.05) is 42.5 Å². The minimum Gasteiger partial charge on any atom is -0.497 e. The highest BCUT2D eigenvalue weighted by atomic mass is 16.5. The molecular weight excluding hydrogens is 384 g/mol. The van der Waals surface area contributed by atoms with Crippen molar-refractivity contribution >= 4 is 17.8 Å². The summed E-state index contributed by atoms with van der Waals surface area (Å²) in [6.45, 7) is 1.85. The van der Waals surface area contributed by atoms with Gasteiger partial charge in [0, 0.05) is 13.0 Å². The third kappa shape index (κ3) is 4.30. The first kappa shape index (κ1) is 21.4. The van der Waals surface area contributed by atoms with E-state index in [2.05, 4.69) is 5.32 Å². The first-order chi connectivity index (χ1) is 14.4. The Morgan fingerprint density at radius 3 is 2.30 bits per heavy atom. The molecule has 3 rings (SSSR count). The number of hydrogen-bond acceptors (Lipinski definition) is 5. The van der Waals surface area contributed by atoms with E-state index in [0.717, 1.165) is 11.1 Å². The van der Waals surface area contributed by atoms with Gasteiger partial charge in [0.05, 0.1) is 20.6 Å². The summed E-state index contributed by atoms with van der Waals surface area (Å²) in [4.78, 5) is 39.3. The maximum absolute atomic E-state index is 13.3. The average molecular weight is 410 g/mol. The molecule has 7 nitrogen and oxygen atoms in total. The van der Waals surface area contributed by atoms with Gasteiger partial charge >= 0.3 is 5.97 Å². The van der Waals surface area contributed by atoms with Crippen LogP contribution in [0.1, 0.15) is 24.5 Å². The molecule has 0 bridgehead atoms. The molecule has 1 aliphatic rings. The lowest BCUT2D eigenvalue weighted by atomic mass is 9.77. The standard InChI is InChI=1S/C23H26N2O5/c1-16(21(27)30-3)24-22(28)23(13-17-7-5-4-6-8-17)14-20(26)25(23)15-18-9-11-19(29-2)12-10-18/h4-12,16H,13-15H2,1-3H3,(H,24,28)/t16-,23-/m0/s1. The number of nitrogens with one attached hydrogen (secondary N) is 1. The predicted molar refractivity (Wildman–Crippen MR) is 111 cm³/mol. The maximum atomic E-state index is 13.3. The Hall–Kier alpha value is -3.35. The normalized spacial score (nSPS) is 18.9. The van der Waals surface area contributed by atoms with Crippen molar-refractivity contribution < 1.29 is 23.9 Å². The number of amides is 2. The van der Waals surface area contributed by atoms with Crippen LogP contribution >= 0.6 is 0 Å². The third-order valence-electron chi connectivity index (χ3n) is 5.43. The number of carbonyl (C=O) groups excluding carboxylic acids is 3. The van der Waals surface area contributed by atoms with Crippen molar-refractivity contribution in [2.45, 2.75) is 37.9 Å². The number of carbonyl (C=O) groups is 3. The third-order valence-corrected chi connectivity index (χ3v) is 5.43. The fraction of sp³-hybridized carbons (Fsp3) is 0.348. The Balaban J connectivity index is 1.88. The molecule has 1 heterocycles. The van der Waals surface area contributed by atoms with Crippen LogP contribution in [0.3, 0.4) is 0 Å². The van der Waals surface area contributed by atoms with Gasteiger partial charge in [0.15, 0.2) is 0 Å². The van der Waals surface area contributed by atoms with E-state index in [1.54, 1.807) is 18.9 Å². The number of rotatable bonds is 8. The van der Waals surface area contributed by atoms with Crippen molar-refractivity contribution in [1.29, 1.82) is 0 Å². The van der Waals surface area contributed by atoms with Crippen molar-refractivity contribution in [3.05, 3.63) is 65.7 Å². The molecule has 2 atom stereocenters. The molecule has 2 aromatic carbocycles. The van der Waals surface area contributed by atoms with Crippen LogP contribution in [0.4, 0.5) is 0 Å². The highest BCUT2D eigenvalue weighted by Gasteiger charge is 2.56. The minimum absolute atomic E-state index is 0.0811. The number of likely N-dealkylation sites (tertiary alicyclic amines) is 1. The second-order valence-electron chi connectivity index (χ2n) is 7.42. The molecule has 0 radical (unpaired) electrons. The van der Waals surface area contributed by atoms with Crippen LogP contribution in [0, 0.1) is 0 Å². The summed E-state index contributed by atoms with van der Waals surface area (Å²) in [6, 6.07) is 16.1. The van der Waals surface area contributed by atoms with Crippen LogP contribution in [-0.4, -0.2) is 48.5 Å². The lowest BCUT2D eigenvalue weighted by molar-refractivity contribution is -0.168. The maximum Gasteiger partial charge on any atom is 0.328 e. The number of ether oxygens (including phenoxy) is 2. The van der Waals surface area contributed by atoms with Gasteiger partial charge in [-0.2, -0.15) is 0 Å². The van der Waals surface area contributed by atoms with E-state index >= 15 is 0 Å². The van der Waals surface area contributed by atoms with Crippen LogP contribution in [0.2, 0.25) is 0 Å². The smallest absolute Gasteiger partial charge is 0.328 e. The zero-order chi connectivity index (χ0) is 21.7. The van der Waals surface area contributed by atoms with Gasteiger partial charge in [0.25, 0.3) is 0 Å². The number of methoxy groups -OCH3 is 2. The molecule has 2 amide bonds. The second-order valence-corrected chi connectivity index (χ2v) is 7.42. The van der Waals surface area contributed by atoms with Gasteiger partial charge in [-0.3, -0.25) is 9.59 Å². The molecule has 0 unspecified atom stereocenters. The van der Waals surface area contributed by atoms with E-state index in [4.69, 9.17) is 9.47 Å². The van der Waals surface area contributed by atoms with E-state index in [0.29, 0.717) is 12.2 Å². The summed E-state index contributed by atoms with van der Waals surface area (Å²) in [7, 11) is 2.86. The number of nitrogens with zero attached hydrogens (tertiary/aromatic N) is 1. The Labute approximate surface area is 176 Å². The molecule has 1 aliphatic heterocycles. The van der Waals surface area contributed by atoms with Crippen LogP contribution in [0.25, 0.3) is 0 Å².